The molecule has 2 N–H and O–H groups in total. The summed E-state index contributed by atoms with van der Waals surface area (Å²) in [5.74, 6) is 5.45. The molecule has 0 spiro atoms. The first kappa shape index (κ1) is 20.4. The Kier molecular flexibility index (Phi) is 7.36. The van der Waals surface area contributed by atoms with Crippen LogP contribution in [0, 0.1) is 11.8 Å². The van der Waals surface area contributed by atoms with Crippen LogP contribution in [-0.2, 0) is 0 Å². The zero-order valence-electron chi connectivity index (χ0n) is 15.7. The Morgan fingerprint density at radius 1 is 1.15 bits per heavy atom. The average Bonchev–Trinajstić information content (AvgIpc) is 2.66. The quantitative estimate of drug-likeness (QED) is 0.776. The maximum absolute atomic E-state index is 12.8. The molecule has 4 heteroatoms. The van der Waals surface area contributed by atoms with Crippen molar-refractivity contribution in [3.8, 4) is 11.8 Å². The zero-order valence-corrected chi connectivity index (χ0v) is 15.7. The molecule has 2 rings (SSSR count). The monoisotopic (exact) mass is 363 g/mol. The summed E-state index contributed by atoms with van der Waals surface area (Å²) in [7, 11) is 0. The number of carbonyl (C=O) groups excluding carboxylic acids is 1. The van der Waals surface area contributed by atoms with Crippen LogP contribution in [0.25, 0.3) is 6.08 Å². The number of hydrogen-bond donors (Lipinski definition) is 2. The Morgan fingerprint density at radius 3 is 2.56 bits per heavy atom. The van der Waals surface area contributed by atoms with Crippen molar-refractivity contribution in [3.63, 3.8) is 0 Å². The van der Waals surface area contributed by atoms with Gasteiger partial charge in [-0.05, 0) is 37.6 Å². The summed E-state index contributed by atoms with van der Waals surface area (Å²) < 4.78 is 0. The molecule has 27 heavy (non-hydrogen) atoms. The number of rotatable bonds is 6. The van der Waals surface area contributed by atoms with E-state index in [2.05, 4.69) is 11.8 Å². The number of hydrogen-bond acceptors (Lipinski definition) is 3. The van der Waals surface area contributed by atoms with Crippen LogP contribution in [0.3, 0.4) is 0 Å². The van der Waals surface area contributed by atoms with Gasteiger partial charge in [-0.25, -0.2) is 0 Å². The van der Waals surface area contributed by atoms with Crippen LogP contribution in [-0.4, -0.2) is 46.3 Å². The molecule has 0 saturated heterocycles. The van der Waals surface area contributed by atoms with Gasteiger partial charge in [-0.1, -0.05) is 60.4 Å². The third-order valence-electron chi connectivity index (χ3n) is 3.72. The van der Waals surface area contributed by atoms with Crippen LogP contribution in [0.5, 0.6) is 0 Å². The molecule has 0 fully saturated rings. The Morgan fingerprint density at radius 2 is 1.89 bits per heavy atom. The van der Waals surface area contributed by atoms with E-state index in [0.29, 0.717) is 17.7 Å². The highest BCUT2D eigenvalue weighted by Gasteiger charge is 2.14. The first-order valence-electron chi connectivity index (χ1n) is 8.86. The van der Waals surface area contributed by atoms with Crippen molar-refractivity contribution in [3.05, 3.63) is 77.4 Å². The summed E-state index contributed by atoms with van der Waals surface area (Å²) in [6.07, 6.45) is 3.85. The van der Waals surface area contributed by atoms with Crippen molar-refractivity contribution in [2.75, 3.05) is 19.7 Å². The lowest BCUT2D eigenvalue weighted by molar-refractivity contribution is 0.0743. The van der Waals surface area contributed by atoms with Gasteiger partial charge in [-0.2, -0.15) is 0 Å². The third kappa shape index (κ3) is 7.10. The minimum Gasteiger partial charge on any atom is -0.395 e. The van der Waals surface area contributed by atoms with Gasteiger partial charge in [0.05, 0.1) is 6.61 Å². The molecular weight excluding hydrogens is 338 g/mol. The second-order valence-electron chi connectivity index (χ2n) is 6.68. The Bertz CT molecular complexity index is 839. The first-order valence-corrected chi connectivity index (χ1v) is 8.86. The van der Waals surface area contributed by atoms with E-state index in [1.54, 1.807) is 43.0 Å². The van der Waals surface area contributed by atoms with E-state index in [0.717, 1.165) is 5.56 Å². The second kappa shape index (κ2) is 9.72. The smallest absolute Gasteiger partial charge is 0.254 e. The zero-order chi connectivity index (χ0) is 19.7. The van der Waals surface area contributed by atoms with Gasteiger partial charge in [0.25, 0.3) is 5.91 Å². The van der Waals surface area contributed by atoms with Crippen molar-refractivity contribution in [1.82, 2.24) is 4.90 Å². The number of benzene rings is 2. The molecule has 4 nitrogen and oxygen atoms in total. The number of carbonyl (C=O) groups is 1. The lowest BCUT2D eigenvalue weighted by atomic mass is 10.1. The fourth-order valence-corrected chi connectivity index (χ4v) is 2.41. The van der Waals surface area contributed by atoms with Crippen LogP contribution in [0.1, 0.15) is 35.3 Å². The number of aliphatic hydroxyl groups is 2. The predicted molar refractivity (Wildman–Crippen MR) is 108 cm³/mol. The van der Waals surface area contributed by atoms with E-state index in [1.165, 1.54) is 0 Å². The summed E-state index contributed by atoms with van der Waals surface area (Å²) >= 11 is 0. The molecule has 0 aliphatic carbocycles. The molecule has 2 aromatic rings. The highest BCUT2D eigenvalue weighted by molar-refractivity contribution is 5.94. The Balaban J connectivity index is 2.13. The third-order valence-corrected chi connectivity index (χ3v) is 3.72. The van der Waals surface area contributed by atoms with Gasteiger partial charge in [0, 0.05) is 24.2 Å². The number of amides is 1. The molecule has 0 aromatic heterocycles. The van der Waals surface area contributed by atoms with Crippen molar-refractivity contribution < 1.29 is 15.0 Å². The maximum Gasteiger partial charge on any atom is 0.254 e. The van der Waals surface area contributed by atoms with Crippen molar-refractivity contribution in [1.29, 1.82) is 0 Å². The average molecular weight is 363 g/mol. The van der Waals surface area contributed by atoms with E-state index in [4.69, 9.17) is 0 Å². The molecule has 0 unspecified atom stereocenters. The highest BCUT2D eigenvalue weighted by Crippen LogP contribution is 2.10. The maximum atomic E-state index is 12.8. The molecule has 1 amide bonds. The fourth-order valence-electron chi connectivity index (χ4n) is 2.41. The Labute approximate surface area is 160 Å². The molecule has 0 aliphatic rings. The minimum atomic E-state index is -1.09. The van der Waals surface area contributed by atoms with E-state index in [9.17, 15) is 15.0 Å². The highest BCUT2D eigenvalue weighted by atomic mass is 16.3. The van der Waals surface area contributed by atoms with Crippen molar-refractivity contribution >= 4 is 12.0 Å². The SMILES string of the molecule is CC(C)(O)C#Cc1cccc(C(=O)N(CC=Cc2ccccc2)CCO)c1. The van der Waals surface area contributed by atoms with Gasteiger partial charge in [0.2, 0.25) is 0 Å². The summed E-state index contributed by atoms with van der Waals surface area (Å²) in [5.41, 5.74) is 1.12. The molecule has 2 aromatic carbocycles. The van der Waals surface area contributed by atoms with Gasteiger partial charge in [0.15, 0.2) is 0 Å². The lowest BCUT2D eigenvalue weighted by Gasteiger charge is -2.20. The minimum absolute atomic E-state index is 0.108. The summed E-state index contributed by atoms with van der Waals surface area (Å²) in [5, 5.41) is 19.0. The predicted octanol–water partition coefficient (Wildman–Crippen LogP) is 2.96. The molecule has 140 valence electrons. The van der Waals surface area contributed by atoms with Gasteiger partial charge >= 0.3 is 0 Å². The normalized spacial score (nSPS) is 11.1. The number of aliphatic hydroxyl groups excluding tert-OH is 1. The molecule has 0 atom stereocenters. The van der Waals surface area contributed by atoms with Gasteiger partial charge in [-0.3, -0.25) is 4.79 Å². The fraction of sp³-hybridized carbons (Fsp3) is 0.261. The van der Waals surface area contributed by atoms with Crippen molar-refractivity contribution in [2.24, 2.45) is 0 Å². The lowest BCUT2D eigenvalue weighted by Crippen LogP contribution is -2.33. The van der Waals surface area contributed by atoms with E-state index >= 15 is 0 Å². The van der Waals surface area contributed by atoms with Crippen LogP contribution < -0.4 is 0 Å². The van der Waals surface area contributed by atoms with Gasteiger partial charge in [0.1, 0.15) is 5.60 Å². The largest absolute Gasteiger partial charge is 0.395 e. The van der Waals surface area contributed by atoms with Crippen LogP contribution in [0.2, 0.25) is 0 Å². The molecule has 0 saturated carbocycles. The molecule has 0 radical (unpaired) electrons. The summed E-state index contributed by atoms with van der Waals surface area (Å²) in [4.78, 5) is 14.4. The topological polar surface area (TPSA) is 60.8 Å². The molecule has 0 aliphatic heterocycles. The van der Waals surface area contributed by atoms with Crippen LogP contribution >= 0.6 is 0 Å². The Hall–Kier alpha value is -2.87. The van der Waals surface area contributed by atoms with E-state index < -0.39 is 5.60 Å². The summed E-state index contributed by atoms with van der Waals surface area (Å²) in [6.45, 7) is 3.75. The van der Waals surface area contributed by atoms with Crippen LogP contribution in [0.4, 0.5) is 0 Å². The second-order valence-corrected chi connectivity index (χ2v) is 6.68. The van der Waals surface area contributed by atoms with Crippen molar-refractivity contribution in [2.45, 2.75) is 19.4 Å². The van der Waals surface area contributed by atoms with E-state index in [-0.39, 0.29) is 19.1 Å². The molecule has 0 heterocycles. The molecular formula is C23H25NO3. The number of nitrogens with zero attached hydrogens (tertiary/aromatic N) is 1. The van der Waals surface area contributed by atoms with E-state index in [1.807, 2.05) is 42.5 Å². The molecule has 0 bridgehead atoms. The summed E-state index contributed by atoms with van der Waals surface area (Å²) in [6, 6.07) is 16.8. The van der Waals surface area contributed by atoms with Gasteiger partial charge < -0.3 is 15.1 Å². The van der Waals surface area contributed by atoms with Gasteiger partial charge in [-0.15, -0.1) is 0 Å². The van der Waals surface area contributed by atoms with Crippen LogP contribution in [0.15, 0.2) is 60.7 Å². The standard InChI is InChI=1S/C23H25NO3/c1-23(2,27)14-13-20-10-6-12-21(18-20)22(26)24(16-17-25)15-7-11-19-8-4-3-5-9-19/h3-12,18,25,27H,15-17H2,1-2H3. The first-order chi connectivity index (χ1) is 12.9.